The molecule has 1 fully saturated rings. The molecule has 0 saturated carbocycles. The lowest BCUT2D eigenvalue weighted by molar-refractivity contribution is -0.278. The zero-order chi connectivity index (χ0) is 27.6. The monoisotopic (exact) mass is 530 g/mol. The normalized spacial score (nSPS) is 23.4. The van der Waals surface area contributed by atoms with Crippen LogP contribution in [0.25, 0.3) is 22.3 Å². The van der Waals surface area contributed by atoms with Crippen molar-refractivity contribution in [2.75, 3.05) is 13.7 Å². The van der Waals surface area contributed by atoms with Crippen molar-refractivity contribution in [1.82, 2.24) is 0 Å². The standard InChI is InChI=1S/C26H26O12/c1-3-4-21(30)35-11-20-23(31)24(32)25(33)26(38-20)36-13-8-15(28)22-16(29)10-17(37-19(22)9-13)12-5-6-14(27)18(7-12)34-2/h3-10,20,23-28,31-33H,11H2,1-2H3. The number of methoxy groups -OCH3 is 1. The van der Waals surface area contributed by atoms with Crippen LogP contribution in [0.2, 0.25) is 0 Å². The molecule has 1 aromatic heterocycles. The molecule has 0 spiro atoms. The van der Waals surface area contributed by atoms with Crippen molar-refractivity contribution in [2.45, 2.75) is 37.6 Å². The number of allylic oxidation sites excluding steroid dienone is 1. The first-order chi connectivity index (χ1) is 18.1. The van der Waals surface area contributed by atoms with Crippen LogP contribution in [0.1, 0.15) is 6.92 Å². The predicted octanol–water partition coefficient (Wildman–Crippen LogP) is 1.19. The summed E-state index contributed by atoms with van der Waals surface area (Å²) >= 11 is 0. The zero-order valence-electron chi connectivity index (χ0n) is 20.3. The van der Waals surface area contributed by atoms with E-state index in [9.17, 15) is 35.1 Å². The molecule has 1 aliphatic heterocycles. The average molecular weight is 530 g/mol. The van der Waals surface area contributed by atoms with Crippen LogP contribution in [0.3, 0.4) is 0 Å². The van der Waals surface area contributed by atoms with E-state index in [4.69, 9.17) is 23.4 Å². The van der Waals surface area contributed by atoms with Crippen LogP contribution in [0, 0.1) is 0 Å². The van der Waals surface area contributed by atoms with Gasteiger partial charge in [-0.3, -0.25) is 4.79 Å². The van der Waals surface area contributed by atoms with Gasteiger partial charge in [0.1, 0.15) is 59.3 Å². The van der Waals surface area contributed by atoms with Crippen molar-refractivity contribution in [3.05, 3.63) is 58.8 Å². The van der Waals surface area contributed by atoms with Crippen molar-refractivity contribution < 1.29 is 53.7 Å². The number of carbonyl (C=O) groups is 1. The Morgan fingerprint density at radius 1 is 1.03 bits per heavy atom. The molecule has 5 N–H and O–H groups in total. The Labute approximate surface area is 215 Å². The number of carbonyl (C=O) groups excluding carboxylic acids is 1. The van der Waals surface area contributed by atoms with Crippen LogP contribution < -0.4 is 14.9 Å². The Balaban J connectivity index is 1.63. The highest BCUT2D eigenvalue weighted by atomic mass is 16.7. The summed E-state index contributed by atoms with van der Waals surface area (Å²) in [6, 6.07) is 7.86. The highest BCUT2D eigenvalue weighted by molar-refractivity contribution is 5.86. The topological polar surface area (TPSA) is 185 Å². The number of phenolic OH excluding ortho intramolecular Hbond substituents is 2. The number of aromatic hydroxyl groups is 2. The number of aliphatic hydroxyl groups excluding tert-OH is 3. The van der Waals surface area contributed by atoms with Crippen LogP contribution in [-0.2, 0) is 14.3 Å². The van der Waals surface area contributed by atoms with Crippen LogP contribution in [-0.4, -0.2) is 75.9 Å². The van der Waals surface area contributed by atoms with Crippen LogP contribution in [0.5, 0.6) is 23.0 Å². The van der Waals surface area contributed by atoms with E-state index < -0.39 is 54.5 Å². The molecule has 0 amide bonds. The van der Waals surface area contributed by atoms with Gasteiger partial charge >= 0.3 is 5.97 Å². The van der Waals surface area contributed by atoms with Gasteiger partial charge in [-0.05, 0) is 25.1 Å². The second-order valence-corrected chi connectivity index (χ2v) is 8.44. The summed E-state index contributed by atoms with van der Waals surface area (Å²) in [6.07, 6.45) is -5.18. The number of hydrogen-bond donors (Lipinski definition) is 5. The molecule has 202 valence electrons. The molecule has 0 aliphatic carbocycles. The number of benzene rings is 2. The Morgan fingerprint density at radius 3 is 2.50 bits per heavy atom. The molecule has 12 heteroatoms. The summed E-state index contributed by atoms with van der Waals surface area (Å²) in [5, 5.41) is 51.1. The minimum Gasteiger partial charge on any atom is -0.507 e. The molecule has 0 radical (unpaired) electrons. The number of fused-ring (bicyclic) bond motifs is 1. The first-order valence-corrected chi connectivity index (χ1v) is 11.5. The van der Waals surface area contributed by atoms with Crippen molar-refractivity contribution in [3.63, 3.8) is 0 Å². The third-order valence-corrected chi connectivity index (χ3v) is 5.86. The fourth-order valence-corrected chi connectivity index (χ4v) is 3.92. The van der Waals surface area contributed by atoms with Crippen molar-refractivity contribution in [2.24, 2.45) is 0 Å². The van der Waals surface area contributed by atoms with E-state index in [-0.39, 0.29) is 34.0 Å². The average Bonchev–Trinajstić information content (AvgIpc) is 2.88. The minimum atomic E-state index is -1.71. The SMILES string of the molecule is CC=CC(=O)OCC1OC(Oc2cc(O)c3c(=O)cc(-c4ccc(O)c(OC)c4)oc3c2)C(O)C(O)C1O. The molecule has 2 aromatic carbocycles. The number of hydrogen-bond acceptors (Lipinski definition) is 12. The lowest BCUT2D eigenvalue weighted by atomic mass is 9.99. The molecule has 4 rings (SSSR count). The lowest BCUT2D eigenvalue weighted by Gasteiger charge is -2.39. The van der Waals surface area contributed by atoms with E-state index in [1.54, 1.807) is 6.92 Å². The Kier molecular flexibility index (Phi) is 7.88. The molecule has 1 aliphatic rings. The molecule has 3 aromatic rings. The zero-order valence-corrected chi connectivity index (χ0v) is 20.3. The second-order valence-electron chi connectivity index (χ2n) is 8.44. The molecule has 12 nitrogen and oxygen atoms in total. The summed E-state index contributed by atoms with van der Waals surface area (Å²) < 4.78 is 27.0. The maximum atomic E-state index is 12.8. The fourth-order valence-electron chi connectivity index (χ4n) is 3.92. The van der Waals surface area contributed by atoms with Gasteiger partial charge in [0.2, 0.25) is 6.29 Å². The number of phenols is 2. The summed E-state index contributed by atoms with van der Waals surface area (Å²) in [5.74, 6) is -1.13. The van der Waals surface area contributed by atoms with E-state index in [0.29, 0.717) is 5.56 Å². The molecule has 5 unspecified atom stereocenters. The minimum absolute atomic E-state index is 0.0720. The van der Waals surface area contributed by atoms with Gasteiger partial charge in [0.25, 0.3) is 0 Å². The van der Waals surface area contributed by atoms with Gasteiger partial charge in [-0.15, -0.1) is 0 Å². The van der Waals surface area contributed by atoms with Crippen molar-refractivity contribution >= 4 is 16.9 Å². The van der Waals surface area contributed by atoms with Gasteiger partial charge in [-0.25, -0.2) is 4.79 Å². The molecule has 0 bridgehead atoms. The summed E-state index contributed by atoms with van der Waals surface area (Å²) in [5.41, 5.74) is -0.229. The quantitative estimate of drug-likeness (QED) is 0.217. The maximum absolute atomic E-state index is 12.8. The van der Waals surface area contributed by atoms with Crippen LogP contribution >= 0.6 is 0 Å². The number of rotatable bonds is 7. The molecular weight excluding hydrogens is 504 g/mol. The van der Waals surface area contributed by atoms with Gasteiger partial charge in [-0.1, -0.05) is 6.08 Å². The van der Waals surface area contributed by atoms with Gasteiger partial charge in [0.15, 0.2) is 16.9 Å². The molecule has 2 heterocycles. The lowest BCUT2D eigenvalue weighted by Crippen LogP contribution is -2.60. The molecular formula is C26H26O12. The van der Waals surface area contributed by atoms with E-state index in [0.717, 1.165) is 12.1 Å². The molecule has 38 heavy (non-hydrogen) atoms. The highest BCUT2D eigenvalue weighted by Gasteiger charge is 2.45. The van der Waals surface area contributed by atoms with Gasteiger partial charge in [-0.2, -0.15) is 0 Å². The first kappa shape index (κ1) is 26.9. The third kappa shape index (κ3) is 5.43. The number of esters is 1. The van der Waals surface area contributed by atoms with Gasteiger partial charge in [0, 0.05) is 29.8 Å². The highest BCUT2D eigenvalue weighted by Crippen LogP contribution is 2.35. The third-order valence-electron chi connectivity index (χ3n) is 5.86. The smallest absolute Gasteiger partial charge is 0.330 e. The second kappa shape index (κ2) is 11.1. The number of ether oxygens (including phenoxy) is 4. The Morgan fingerprint density at radius 2 is 1.79 bits per heavy atom. The van der Waals surface area contributed by atoms with Gasteiger partial charge in [0.05, 0.1) is 7.11 Å². The Bertz CT molecular complexity index is 1410. The predicted molar refractivity (Wildman–Crippen MR) is 131 cm³/mol. The molecule has 5 atom stereocenters. The Hall–Kier alpha value is -4.10. The van der Waals surface area contributed by atoms with Gasteiger partial charge < -0.3 is 48.9 Å². The summed E-state index contributed by atoms with van der Waals surface area (Å²) in [4.78, 5) is 24.4. The largest absolute Gasteiger partial charge is 0.507 e. The van der Waals surface area contributed by atoms with Crippen molar-refractivity contribution in [1.29, 1.82) is 0 Å². The van der Waals surface area contributed by atoms with E-state index in [1.165, 1.54) is 43.5 Å². The molecule has 1 saturated heterocycles. The first-order valence-electron chi connectivity index (χ1n) is 11.5. The van der Waals surface area contributed by atoms with Crippen molar-refractivity contribution in [3.8, 4) is 34.3 Å². The van der Waals surface area contributed by atoms with E-state index in [2.05, 4.69) is 0 Å². The maximum Gasteiger partial charge on any atom is 0.330 e. The van der Waals surface area contributed by atoms with E-state index in [1.807, 2.05) is 0 Å². The number of aliphatic hydroxyl groups is 3. The fraction of sp³-hybridized carbons (Fsp3) is 0.308. The summed E-state index contributed by atoms with van der Waals surface area (Å²) in [7, 11) is 1.37. The van der Waals surface area contributed by atoms with Crippen LogP contribution in [0.15, 0.2) is 57.8 Å². The van der Waals surface area contributed by atoms with E-state index >= 15 is 0 Å². The van der Waals surface area contributed by atoms with Crippen LogP contribution in [0.4, 0.5) is 0 Å². The summed E-state index contributed by atoms with van der Waals surface area (Å²) in [6.45, 7) is 1.17.